The van der Waals surface area contributed by atoms with Gasteiger partial charge in [0.05, 0.1) is 25.9 Å². The third-order valence-electron chi connectivity index (χ3n) is 4.48. The van der Waals surface area contributed by atoms with Gasteiger partial charge >= 0.3 is 0 Å². The molecule has 1 heterocycles. The van der Waals surface area contributed by atoms with Crippen LogP contribution < -0.4 is 19.5 Å². The molecule has 5 nitrogen and oxygen atoms in total. The summed E-state index contributed by atoms with van der Waals surface area (Å²) in [6.45, 7) is 8.44. The normalized spacial score (nSPS) is 16.0. The molecule has 2 N–H and O–H groups in total. The van der Waals surface area contributed by atoms with E-state index in [0.29, 0.717) is 25.6 Å². The van der Waals surface area contributed by atoms with Crippen molar-refractivity contribution in [3.05, 3.63) is 47.0 Å². The number of hydrogen-bond donors (Lipinski definition) is 2. The molecule has 0 aromatic heterocycles. The summed E-state index contributed by atoms with van der Waals surface area (Å²) in [6.07, 6.45) is 0.939. The van der Waals surface area contributed by atoms with Gasteiger partial charge in [0, 0.05) is 6.54 Å². The standard InChI is InChI=1S/C21H27NO4/c1-4-24-18-12-15(7-8-17(18)23)21-16-13-20(26-6-3)19(25-5-2)11-14(16)9-10-22-21/h7-8,11-13,21-23H,4-6,9-10H2,1-3H3/t21-/m1/s1. The molecule has 1 atom stereocenters. The Morgan fingerprint density at radius 1 is 0.923 bits per heavy atom. The molecule has 1 aliphatic heterocycles. The predicted molar refractivity (Wildman–Crippen MR) is 102 cm³/mol. The van der Waals surface area contributed by atoms with Crippen LogP contribution >= 0.6 is 0 Å². The predicted octanol–water partition coefficient (Wildman–Crippen LogP) is 3.82. The maximum Gasteiger partial charge on any atom is 0.161 e. The Labute approximate surface area is 154 Å². The number of phenolic OH excluding ortho intramolecular Hbond substituents is 1. The highest BCUT2D eigenvalue weighted by Crippen LogP contribution is 2.39. The van der Waals surface area contributed by atoms with Crippen molar-refractivity contribution in [2.24, 2.45) is 0 Å². The molecule has 140 valence electrons. The summed E-state index contributed by atoms with van der Waals surface area (Å²) in [4.78, 5) is 0. The van der Waals surface area contributed by atoms with Gasteiger partial charge in [-0.25, -0.2) is 0 Å². The van der Waals surface area contributed by atoms with Crippen LogP contribution in [0.4, 0.5) is 0 Å². The molecule has 0 saturated heterocycles. The summed E-state index contributed by atoms with van der Waals surface area (Å²) in [7, 11) is 0. The first-order chi connectivity index (χ1) is 12.7. The van der Waals surface area contributed by atoms with Crippen molar-refractivity contribution in [3.8, 4) is 23.0 Å². The van der Waals surface area contributed by atoms with Gasteiger partial charge in [-0.2, -0.15) is 0 Å². The minimum absolute atomic E-state index is 0.0217. The lowest BCUT2D eigenvalue weighted by atomic mass is 9.89. The first kappa shape index (κ1) is 18.4. The van der Waals surface area contributed by atoms with E-state index in [4.69, 9.17) is 14.2 Å². The summed E-state index contributed by atoms with van der Waals surface area (Å²) in [5.41, 5.74) is 3.49. The van der Waals surface area contributed by atoms with Crippen LogP contribution in [0.15, 0.2) is 30.3 Å². The number of nitrogens with one attached hydrogen (secondary N) is 1. The maximum atomic E-state index is 9.99. The van der Waals surface area contributed by atoms with E-state index in [1.165, 1.54) is 11.1 Å². The van der Waals surface area contributed by atoms with Gasteiger partial charge in [0.15, 0.2) is 23.0 Å². The van der Waals surface area contributed by atoms with E-state index in [2.05, 4.69) is 17.4 Å². The Bertz CT molecular complexity index is 760. The molecule has 0 radical (unpaired) electrons. The average molecular weight is 357 g/mol. The Balaban J connectivity index is 2.02. The zero-order valence-corrected chi connectivity index (χ0v) is 15.7. The molecule has 0 spiro atoms. The summed E-state index contributed by atoms with van der Waals surface area (Å²) in [5.74, 6) is 2.24. The highest BCUT2D eigenvalue weighted by Gasteiger charge is 2.25. The van der Waals surface area contributed by atoms with Crippen LogP contribution in [0.3, 0.4) is 0 Å². The van der Waals surface area contributed by atoms with Crippen molar-refractivity contribution in [1.82, 2.24) is 5.32 Å². The van der Waals surface area contributed by atoms with Gasteiger partial charge in [-0.3, -0.25) is 0 Å². The van der Waals surface area contributed by atoms with Crippen molar-refractivity contribution in [3.63, 3.8) is 0 Å². The van der Waals surface area contributed by atoms with E-state index < -0.39 is 0 Å². The number of phenols is 1. The van der Waals surface area contributed by atoms with Crippen molar-refractivity contribution in [2.75, 3.05) is 26.4 Å². The number of ether oxygens (including phenoxy) is 3. The van der Waals surface area contributed by atoms with E-state index in [9.17, 15) is 5.11 Å². The number of rotatable bonds is 7. The second kappa shape index (κ2) is 8.32. The van der Waals surface area contributed by atoms with E-state index >= 15 is 0 Å². The van der Waals surface area contributed by atoms with E-state index in [-0.39, 0.29) is 11.8 Å². The minimum Gasteiger partial charge on any atom is -0.504 e. The molecule has 3 rings (SSSR count). The molecule has 1 aliphatic rings. The molecule has 0 amide bonds. The molecule has 0 bridgehead atoms. The molecule has 2 aromatic carbocycles. The van der Waals surface area contributed by atoms with Gasteiger partial charge < -0.3 is 24.6 Å². The van der Waals surface area contributed by atoms with Crippen LogP contribution in [0, 0.1) is 0 Å². The zero-order chi connectivity index (χ0) is 18.5. The molecule has 2 aromatic rings. The summed E-state index contributed by atoms with van der Waals surface area (Å²) < 4.78 is 17.1. The lowest BCUT2D eigenvalue weighted by Crippen LogP contribution is -2.30. The summed E-state index contributed by atoms with van der Waals surface area (Å²) in [5, 5.41) is 13.6. The Morgan fingerprint density at radius 2 is 1.58 bits per heavy atom. The van der Waals surface area contributed by atoms with Crippen molar-refractivity contribution < 1.29 is 19.3 Å². The van der Waals surface area contributed by atoms with Crippen LogP contribution in [-0.4, -0.2) is 31.5 Å². The highest BCUT2D eigenvalue weighted by atomic mass is 16.5. The molecule has 0 saturated carbocycles. The number of fused-ring (bicyclic) bond motifs is 1. The van der Waals surface area contributed by atoms with Crippen LogP contribution in [-0.2, 0) is 6.42 Å². The second-order valence-corrected chi connectivity index (χ2v) is 6.16. The largest absolute Gasteiger partial charge is 0.504 e. The van der Waals surface area contributed by atoms with Gasteiger partial charge in [0.1, 0.15) is 0 Å². The van der Waals surface area contributed by atoms with Crippen molar-refractivity contribution in [1.29, 1.82) is 0 Å². The highest BCUT2D eigenvalue weighted by molar-refractivity contribution is 5.53. The molecular formula is C21H27NO4. The van der Waals surface area contributed by atoms with Gasteiger partial charge in [-0.15, -0.1) is 0 Å². The quantitative estimate of drug-likeness (QED) is 0.789. The zero-order valence-electron chi connectivity index (χ0n) is 15.7. The topological polar surface area (TPSA) is 60.0 Å². The Kier molecular flexibility index (Phi) is 5.89. The van der Waals surface area contributed by atoms with Gasteiger partial charge in [0.25, 0.3) is 0 Å². The fourth-order valence-electron chi connectivity index (χ4n) is 3.38. The molecule has 0 aliphatic carbocycles. The first-order valence-electron chi connectivity index (χ1n) is 9.29. The fourth-order valence-corrected chi connectivity index (χ4v) is 3.38. The first-order valence-corrected chi connectivity index (χ1v) is 9.29. The second-order valence-electron chi connectivity index (χ2n) is 6.16. The van der Waals surface area contributed by atoms with Crippen LogP contribution in [0.2, 0.25) is 0 Å². The fraction of sp³-hybridized carbons (Fsp3) is 0.429. The number of hydrogen-bond acceptors (Lipinski definition) is 5. The Hall–Kier alpha value is -2.40. The molecule has 0 unspecified atom stereocenters. The van der Waals surface area contributed by atoms with Crippen LogP contribution in [0.25, 0.3) is 0 Å². The monoisotopic (exact) mass is 357 g/mol. The number of aromatic hydroxyl groups is 1. The van der Waals surface area contributed by atoms with E-state index in [1.54, 1.807) is 6.07 Å². The third kappa shape index (κ3) is 3.73. The lowest BCUT2D eigenvalue weighted by molar-refractivity contribution is 0.286. The average Bonchev–Trinajstić information content (AvgIpc) is 2.64. The van der Waals surface area contributed by atoms with Crippen LogP contribution in [0.5, 0.6) is 23.0 Å². The molecule has 26 heavy (non-hydrogen) atoms. The third-order valence-corrected chi connectivity index (χ3v) is 4.48. The maximum absolute atomic E-state index is 9.99. The van der Waals surface area contributed by atoms with Gasteiger partial charge in [0.2, 0.25) is 0 Å². The summed E-state index contributed by atoms with van der Waals surface area (Å²) >= 11 is 0. The number of benzene rings is 2. The summed E-state index contributed by atoms with van der Waals surface area (Å²) in [6, 6.07) is 9.72. The van der Waals surface area contributed by atoms with E-state index in [0.717, 1.165) is 30.0 Å². The molecule has 0 fully saturated rings. The SMILES string of the molecule is CCOc1cc([C@H]2NCCc3cc(OCC)c(OCC)cc32)ccc1O. The van der Waals surface area contributed by atoms with Gasteiger partial charge in [-0.1, -0.05) is 6.07 Å². The van der Waals surface area contributed by atoms with Gasteiger partial charge in [-0.05, 0) is 68.1 Å². The van der Waals surface area contributed by atoms with Crippen molar-refractivity contribution in [2.45, 2.75) is 33.2 Å². The molecule has 5 heteroatoms. The van der Waals surface area contributed by atoms with Crippen molar-refractivity contribution >= 4 is 0 Å². The Morgan fingerprint density at radius 3 is 2.27 bits per heavy atom. The van der Waals surface area contributed by atoms with E-state index in [1.807, 2.05) is 32.9 Å². The smallest absolute Gasteiger partial charge is 0.161 e. The lowest BCUT2D eigenvalue weighted by Gasteiger charge is -2.29. The minimum atomic E-state index is 0.0217. The van der Waals surface area contributed by atoms with Crippen LogP contribution in [0.1, 0.15) is 43.5 Å². The molecular weight excluding hydrogens is 330 g/mol.